The van der Waals surface area contributed by atoms with E-state index in [-0.39, 0.29) is 12.1 Å². The number of carbonyl (C=O) groups excluding carboxylic acids is 1. The van der Waals surface area contributed by atoms with Gasteiger partial charge < -0.3 is 14.8 Å². The van der Waals surface area contributed by atoms with Crippen LogP contribution in [0.15, 0.2) is 36.4 Å². The van der Waals surface area contributed by atoms with Gasteiger partial charge in [-0.1, -0.05) is 18.2 Å². The largest absolute Gasteiger partial charge is 0.490 e. The van der Waals surface area contributed by atoms with Crippen molar-refractivity contribution in [2.45, 2.75) is 45.9 Å². The molecule has 0 unspecified atom stereocenters. The average molecular weight is 352 g/mol. The molecule has 0 spiro atoms. The Morgan fingerprint density at radius 2 is 2.08 bits per heavy atom. The zero-order valence-electron chi connectivity index (χ0n) is 15.6. The molecule has 2 heterocycles. The van der Waals surface area contributed by atoms with Crippen LogP contribution in [-0.4, -0.2) is 18.4 Å². The number of ether oxygens (including phenoxy) is 2. The molecule has 2 aliphatic heterocycles. The number of fused-ring (bicyclic) bond motifs is 4. The first-order valence-corrected chi connectivity index (χ1v) is 9.05. The summed E-state index contributed by atoms with van der Waals surface area (Å²) in [6.07, 6.45) is 0.675. The number of benzene rings is 2. The number of amides is 2. The highest BCUT2D eigenvalue weighted by Gasteiger charge is 2.50. The van der Waals surface area contributed by atoms with E-state index in [1.54, 1.807) is 4.90 Å². The van der Waals surface area contributed by atoms with Gasteiger partial charge in [0.15, 0.2) is 17.2 Å². The van der Waals surface area contributed by atoms with E-state index < -0.39 is 5.72 Å². The maximum absolute atomic E-state index is 12.9. The van der Waals surface area contributed by atoms with E-state index >= 15 is 0 Å². The molecule has 136 valence electrons. The molecule has 2 aromatic rings. The van der Waals surface area contributed by atoms with Crippen LogP contribution in [0.3, 0.4) is 0 Å². The number of para-hydroxylation sites is 1. The third-order valence-corrected chi connectivity index (χ3v) is 5.31. The van der Waals surface area contributed by atoms with Crippen molar-refractivity contribution >= 4 is 11.7 Å². The van der Waals surface area contributed by atoms with E-state index in [1.807, 2.05) is 50.2 Å². The lowest BCUT2D eigenvalue weighted by Gasteiger charge is -2.50. The van der Waals surface area contributed by atoms with Crippen molar-refractivity contribution < 1.29 is 14.3 Å². The van der Waals surface area contributed by atoms with Gasteiger partial charge in [-0.25, -0.2) is 4.79 Å². The van der Waals surface area contributed by atoms with Gasteiger partial charge in [0.2, 0.25) is 0 Å². The molecule has 1 saturated heterocycles. The highest BCUT2D eigenvalue weighted by atomic mass is 16.5. The lowest BCUT2D eigenvalue weighted by Crippen LogP contribution is -2.65. The van der Waals surface area contributed by atoms with Gasteiger partial charge in [-0.15, -0.1) is 0 Å². The van der Waals surface area contributed by atoms with E-state index in [2.05, 4.69) is 19.2 Å². The molecule has 5 nitrogen and oxygen atoms in total. The molecular weight excluding hydrogens is 328 g/mol. The van der Waals surface area contributed by atoms with Crippen LogP contribution in [0, 0.1) is 13.8 Å². The van der Waals surface area contributed by atoms with E-state index in [4.69, 9.17) is 9.47 Å². The van der Waals surface area contributed by atoms with Crippen LogP contribution in [0.2, 0.25) is 0 Å². The summed E-state index contributed by atoms with van der Waals surface area (Å²) in [6, 6.07) is 11.7. The third-order valence-electron chi connectivity index (χ3n) is 5.31. The van der Waals surface area contributed by atoms with Gasteiger partial charge in [0.1, 0.15) is 0 Å². The number of hydrogen-bond acceptors (Lipinski definition) is 3. The minimum Gasteiger partial charge on any atom is -0.490 e. The standard InChI is InChI=1S/C21H24N2O3/c1-5-25-18-8-6-7-16-17-12-21(4,26-19(16)18)23(20(24)22-17)15-10-9-13(2)14(3)11-15/h6-11,17H,5,12H2,1-4H3,(H,22,24)/t17-,21-/m1/s1. The SMILES string of the molecule is CCOc1cccc2c1O[C@]1(C)C[C@H]2NC(=O)N1c1ccc(C)c(C)c1. The van der Waals surface area contributed by atoms with Gasteiger partial charge in [0.05, 0.1) is 12.6 Å². The number of aryl methyl sites for hydroxylation is 2. The zero-order chi connectivity index (χ0) is 18.5. The van der Waals surface area contributed by atoms with Gasteiger partial charge in [-0.05, 0) is 57.0 Å². The summed E-state index contributed by atoms with van der Waals surface area (Å²) < 4.78 is 12.2. The first-order valence-electron chi connectivity index (χ1n) is 9.05. The maximum Gasteiger partial charge on any atom is 0.325 e. The summed E-state index contributed by atoms with van der Waals surface area (Å²) in [7, 11) is 0. The van der Waals surface area contributed by atoms with Crippen LogP contribution < -0.4 is 19.7 Å². The molecule has 26 heavy (non-hydrogen) atoms. The summed E-state index contributed by atoms with van der Waals surface area (Å²) in [5.41, 5.74) is 3.38. The fourth-order valence-electron chi connectivity index (χ4n) is 3.88. The van der Waals surface area contributed by atoms with Crippen molar-refractivity contribution in [2.75, 3.05) is 11.5 Å². The quantitative estimate of drug-likeness (QED) is 0.886. The molecule has 4 rings (SSSR count). The second-order valence-corrected chi connectivity index (χ2v) is 7.19. The Bertz CT molecular complexity index is 880. The van der Waals surface area contributed by atoms with Crippen LogP contribution in [0.4, 0.5) is 10.5 Å². The van der Waals surface area contributed by atoms with Gasteiger partial charge in [-0.3, -0.25) is 4.90 Å². The maximum atomic E-state index is 12.9. The van der Waals surface area contributed by atoms with Crippen LogP contribution in [0.1, 0.15) is 43.0 Å². The summed E-state index contributed by atoms with van der Waals surface area (Å²) >= 11 is 0. The van der Waals surface area contributed by atoms with Crippen molar-refractivity contribution in [2.24, 2.45) is 0 Å². The lowest BCUT2D eigenvalue weighted by molar-refractivity contribution is 0.0343. The van der Waals surface area contributed by atoms with E-state index in [0.29, 0.717) is 13.0 Å². The molecule has 2 bridgehead atoms. The average Bonchev–Trinajstić information content (AvgIpc) is 2.58. The van der Waals surface area contributed by atoms with E-state index in [0.717, 1.165) is 28.3 Å². The smallest absolute Gasteiger partial charge is 0.325 e. The molecule has 0 saturated carbocycles. The minimum absolute atomic E-state index is 0.0838. The van der Waals surface area contributed by atoms with Gasteiger partial charge in [0, 0.05) is 17.7 Å². The fourth-order valence-corrected chi connectivity index (χ4v) is 3.88. The Hall–Kier alpha value is -2.69. The van der Waals surface area contributed by atoms with Crippen molar-refractivity contribution in [3.63, 3.8) is 0 Å². The molecular formula is C21H24N2O3. The van der Waals surface area contributed by atoms with Crippen LogP contribution in [-0.2, 0) is 0 Å². The molecule has 0 radical (unpaired) electrons. The zero-order valence-corrected chi connectivity index (χ0v) is 15.6. The molecule has 0 aromatic heterocycles. The van der Waals surface area contributed by atoms with Crippen molar-refractivity contribution in [1.29, 1.82) is 0 Å². The Morgan fingerprint density at radius 3 is 2.81 bits per heavy atom. The monoisotopic (exact) mass is 352 g/mol. The Morgan fingerprint density at radius 1 is 1.27 bits per heavy atom. The Balaban J connectivity index is 1.80. The number of hydrogen-bond donors (Lipinski definition) is 1. The number of carbonyl (C=O) groups is 1. The summed E-state index contributed by atoms with van der Waals surface area (Å²) in [4.78, 5) is 14.7. The fraction of sp³-hybridized carbons (Fsp3) is 0.381. The molecule has 5 heteroatoms. The highest BCUT2D eigenvalue weighted by Crippen LogP contribution is 2.49. The summed E-state index contributed by atoms with van der Waals surface area (Å²) in [5.74, 6) is 1.44. The molecule has 0 aliphatic carbocycles. The molecule has 2 amide bonds. The third kappa shape index (κ3) is 2.50. The molecule has 2 aromatic carbocycles. The van der Waals surface area contributed by atoms with Crippen LogP contribution >= 0.6 is 0 Å². The van der Waals surface area contributed by atoms with Crippen LogP contribution in [0.5, 0.6) is 11.5 Å². The molecule has 1 fully saturated rings. The van der Waals surface area contributed by atoms with E-state index in [1.165, 1.54) is 5.56 Å². The topological polar surface area (TPSA) is 50.8 Å². The van der Waals surface area contributed by atoms with Gasteiger partial charge >= 0.3 is 6.03 Å². The minimum atomic E-state index is -0.769. The van der Waals surface area contributed by atoms with Crippen LogP contribution in [0.25, 0.3) is 0 Å². The first kappa shape index (κ1) is 16.8. The number of rotatable bonds is 3. The Labute approximate surface area is 153 Å². The number of urea groups is 1. The van der Waals surface area contributed by atoms with E-state index in [9.17, 15) is 4.79 Å². The predicted octanol–water partition coefficient (Wildman–Crippen LogP) is 4.47. The lowest BCUT2D eigenvalue weighted by atomic mass is 9.89. The second-order valence-electron chi connectivity index (χ2n) is 7.19. The van der Waals surface area contributed by atoms with Crippen molar-refractivity contribution in [3.05, 3.63) is 53.1 Å². The van der Waals surface area contributed by atoms with Gasteiger partial charge in [-0.2, -0.15) is 0 Å². The second kappa shape index (κ2) is 5.94. The van der Waals surface area contributed by atoms with Crippen molar-refractivity contribution in [1.82, 2.24) is 5.32 Å². The van der Waals surface area contributed by atoms with Gasteiger partial charge in [0.25, 0.3) is 0 Å². The highest BCUT2D eigenvalue weighted by molar-refractivity contribution is 5.95. The molecule has 2 aliphatic rings. The first-order chi connectivity index (χ1) is 12.4. The van der Waals surface area contributed by atoms with Crippen molar-refractivity contribution in [3.8, 4) is 11.5 Å². The summed E-state index contributed by atoms with van der Waals surface area (Å²) in [5, 5.41) is 3.13. The predicted molar refractivity (Wildman–Crippen MR) is 101 cm³/mol. The number of nitrogens with zero attached hydrogens (tertiary/aromatic N) is 1. The normalized spacial score (nSPS) is 23.8. The summed E-state index contributed by atoms with van der Waals surface area (Å²) in [6.45, 7) is 8.60. The number of anilines is 1. The molecule has 1 N–H and O–H groups in total. The molecule has 2 atom stereocenters. The Kier molecular flexibility index (Phi) is 3.83. The number of nitrogens with one attached hydrogen (secondary N) is 1.